The van der Waals surface area contributed by atoms with Crippen molar-refractivity contribution >= 4 is 54.4 Å². The van der Waals surface area contributed by atoms with Crippen molar-refractivity contribution in [2.45, 2.75) is 0 Å². The number of hydrogen-bond donors (Lipinski definition) is 1. The van der Waals surface area contributed by atoms with Crippen LogP contribution in [0, 0.1) is 0 Å². The number of fused-ring (bicyclic) bond motifs is 1. The molecule has 0 fully saturated rings. The van der Waals surface area contributed by atoms with Crippen LogP contribution in [0.4, 0.5) is 11.6 Å². The van der Waals surface area contributed by atoms with Crippen LogP contribution < -0.4 is 5.32 Å². The minimum Gasteiger partial charge on any atom is -0.323 e. The second kappa shape index (κ2) is 6.94. The molecule has 0 aliphatic heterocycles. The van der Waals surface area contributed by atoms with Gasteiger partial charge in [0, 0.05) is 19.9 Å². The fraction of sp³-hybridized carbons (Fsp3) is 0. The fourth-order valence-electron chi connectivity index (χ4n) is 2.66. The Morgan fingerprint density at radius 2 is 1.52 bits per heavy atom. The summed E-state index contributed by atoms with van der Waals surface area (Å²) in [5.41, 5.74) is 3.79. The van der Waals surface area contributed by atoms with Crippen LogP contribution >= 0.6 is 31.9 Å². The summed E-state index contributed by atoms with van der Waals surface area (Å²) in [5.74, 6) is 0.570. The molecule has 0 unspecified atom stereocenters. The third kappa shape index (κ3) is 3.43. The van der Waals surface area contributed by atoms with Crippen molar-refractivity contribution in [1.29, 1.82) is 0 Å². The zero-order valence-electron chi connectivity index (χ0n) is 13.1. The molecule has 3 aromatic carbocycles. The highest BCUT2D eigenvalue weighted by molar-refractivity contribution is 9.10. The highest BCUT2D eigenvalue weighted by atomic mass is 79.9. The van der Waals surface area contributed by atoms with Crippen molar-refractivity contribution in [2.75, 3.05) is 5.32 Å². The molecule has 0 amide bonds. The van der Waals surface area contributed by atoms with Crippen LogP contribution in [-0.2, 0) is 0 Å². The second-order valence-electron chi connectivity index (χ2n) is 5.53. The Labute approximate surface area is 162 Å². The van der Waals surface area contributed by atoms with Crippen molar-refractivity contribution < 1.29 is 0 Å². The lowest BCUT2D eigenvalue weighted by Crippen LogP contribution is -2.00. The van der Waals surface area contributed by atoms with Gasteiger partial charge in [-0.15, -0.1) is 0 Å². The SMILES string of the molecule is Brc1ccc2nc(Nc3ccccc3Br)nc(-c3ccccc3)c2c1. The predicted octanol–water partition coefficient (Wildman–Crippen LogP) is 6.57. The number of rotatable bonds is 3. The van der Waals surface area contributed by atoms with Gasteiger partial charge in [0.15, 0.2) is 0 Å². The van der Waals surface area contributed by atoms with Gasteiger partial charge in [-0.05, 0) is 46.3 Å². The third-order valence-electron chi connectivity index (χ3n) is 3.83. The van der Waals surface area contributed by atoms with Crippen LogP contribution in [-0.4, -0.2) is 9.97 Å². The van der Waals surface area contributed by atoms with Crippen LogP contribution in [0.3, 0.4) is 0 Å². The van der Waals surface area contributed by atoms with Gasteiger partial charge in [0.05, 0.1) is 16.9 Å². The number of nitrogens with one attached hydrogen (secondary N) is 1. The van der Waals surface area contributed by atoms with Gasteiger partial charge in [-0.25, -0.2) is 9.97 Å². The van der Waals surface area contributed by atoms with Crippen molar-refractivity contribution in [2.24, 2.45) is 0 Å². The summed E-state index contributed by atoms with van der Waals surface area (Å²) in [6, 6.07) is 24.1. The number of benzene rings is 3. The average molecular weight is 455 g/mol. The summed E-state index contributed by atoms with van der Waals surface area (Å²) >= 11 is 7.10. The van der Waals surface area contributed by atoms with Gasteiger partial charge in [0.1, 0.15) is 0 Å². The van der Waals surface area contributed by atoms with E-state index in [0.717, 1.165) is 36.8 Å². The number of halogens is 2. The molecule has 0 saturated carbocycles. The number of nitrogens with zero attached hydrogens (tertiary/aromatic N) is 2. The maximum absolute atomic E-state index is 4.78. The van der Waals surface area contributed by atoms with E-state index < -0.39 is 0 Å². The Bertz CT molecular complexity index is 1050. The van der Waals surface area contributed by atoms with Gasteiger partial charge in [-0.3, -0.25) is 0 Å². The molecule has 4 rings (SSSR count). The fourth-order valence-corrected chi connectivity index (χ4v) is 3.40. The molecule has 3 nitrogen and oxygen atoms in total. The molecular formula is C20H13Br2N3. The number of aromatic nitrogens is 2. The lowest BCUT2D eigenvalue weighted by Gasteiger charge is -2.11. The zero-order chi connectivity index (χ0) is 17.2. The maximum atomic E-state index is 4.78. The molecule has 1 N–H and O–H groups in total. The molecular weight excluding hydrogens is 442 g/mol. The van der Waals surface area contributed by atoms with E-state index in [4.69, 9.17) is 4.98 Å². The van der Waals surface area contributed by atoms with Crippen LogP contribution in [0.5, 0.6) is 0 Å². The summed E-state index contributed by atoms with van der Waals surface area (Å²) in [5, 5.41) is 4.32. The summed E-state index contributed by atoms with van der Waals surface area (Å²) in [6.07, 6.45) is 0. The van der Waals surface area contributed by atoms with Gasteiger partial charge < -0.3 is 5.32 Å². The molecule has 0 radical (unpaired) electrons. The summed E-state index contributed by atoms with van der Waals surface area (Å²) in [7, 11) is 0. The molecule has 25 heavy (non-hydrogen) atoms. The van der Waals surface area contributed by atoms with E-state index in [2.05, 4.69) is 60.4 Å². The van der Waals surface area contributed by atoms with Crippen molar-refractivity contribution in [1.82, 2.24) is 9.97 Å². The highest BCUT2D eigenvalue weighted by Gasteiger charge is 2.11. The van der Waals surface area contributed by atoms with Gasteiger partial charge in [-0.1, -0.05) is 58.4 Å². The van der Waals surface area contributed by atoms with E-state index in [-0.39, 0.29) is 0 Å². The van der Waals surface area contributed by atoms with Crippen molar-refractivity contribution in [3.05, 3.63) is 81.7 Å². The first kappa shape index (κ1) is 16.2. The number of hydrogen-bond acceptors (Lipinski definition) is 3. The molecule has 0 bridgehead atoms. The topological polar surface area (TPSA) is 37.8 Å². The lowest BCUT2D eigenvalue weighted by molar-refractivity contribution is 1.21. The Balaban J connectivity index is 1.89. The van der Waals surface area contributed by atoms with E-state index in [0.29, 0.717) is 5.95 Å². The van der Waals surface area contributed by atoms with Crippen LogP contribution in [0.1, 0.15) is 0 Å². The van der Waals surface area contributed by atoms with Crippen molar-refractivity contribution in [3.63, 3.8) is 0 Å². The molecule has 4 aromatic rings. The van der Waals surface area contributed by atoms with Gasteiger partial charge in [0.25, 0.3) is 0 Å². The monoisotopic (exact) mass is 453 g/mol. The molecule has 1 heterocycles. The highest BCUT2D eigenvalue weighted by Crippen LogP contribution is 2.31. The Morgan fingerprint density at radius 1 is 0.760 bits per heavy atom. The smallest absolute Gasteiger partial charge is 0.228 e. The first-order chi connectivity index (χ1) is 12.2. The van der Waals surface area contributed by atoms with Gasteiger partial charge in [0.2, 0.25) is 5.95 Å². The summed E-state index contributed by atoms with van der Waals surface area (Å²) in [4.78, 5) is 9.46. The third-order valence-corrected chi connectivity index (χ3v) is 5.01. The quantitative estimate of drug-likeness (QED) is 0.380. The Morgan fingerprint density at radius 3 is 2.32 bits per heavy atom. The van der Waals surface area contributed by atoms with Crippen LogP contribution in [0.15, 0.2) is 81.7 Å². The second-order valence-corrected chi connectivity index (χ2v) is 7.30. The average Bonchev–Trinajstić information content (AvgIpc) is 2.64. The molecule has 5 heteroatoms. The lowest BCUT2D eigenvalue weighted by atomic mass is 10.1. The molecule has 1 aromatic heterocycles. The van der Waals surface area contributed by atoms with Gasteiger partial charge in [-0.2, -0.15) is 0 Å². The number of anilines is 2. The standard InChI is InChI=1S/C20H13Br2N3/c21-14-10-11-17-15(12-14)19(13-6-2-1-3-7-13)25-20(23-17)24-18-9-5-4-8-16(18)22/h1-12H,(H,23,24,25). The van der Waals surface area contributed by atoms with E-state index in [9.17, 15) is 0 Å². The molecule has 0 spiro atoms. The minimum absolute atomic E-state index is 0.570. The van der Waals surface area contributed by atoms with Crippen LogP contribution in [0.2, 0.25) is 0 Å². The van der Waals surface area contributed by atoms with E-state index in [1.54, 1.807) is 0 Å². The van der Waals surface area contributed by atoms with Crippen molar-refractivity contribution in [3.8, 4) is 11.3 Å². The molecule has 0 saturated heterocycles. The molecule has 122 valence electrons. The van der Waals surface area contributed by atoms with Crippen LogP contribution in [0.25, 0.3) is 22.2 Å². The first-order valence-electron chi connectivity index (χ1n) is 7.75. The predicted molar refractivity (Wildman–Crippen MR) is 110 cm³/mol. The zero-order valence-corrected chi connectivity index (χ0v) is 16.3. The molecule has 0 aliphatic rings. The number of para-hydroxylation sites is 1. The Hall–Kier alpha value is -2.24. The molecule has 0 atom stereocenters. The normalized spacial score (nSPS) is 10.8. The van der Waals surface area contributed by atoms with E-state index in [1.165, 1.54) is 0 Å². The molecule has 0 aliphatic carbocycles. The summed E-state index contributed by atoms with van der Waals surface area (Å²) in [6.45, 7) is 0. The van der Waals surface area contributed by atoms with E-state index >= 15 is 0 Å². The largest absolute Gasteiger partial charge is 0.323 e. The van der Waals surface area contributed by atoms with E-state index in [1.807, 2.05) is 54.6 Å². The Kier molecular flexibility index (Phi) is 4.51. The minimum atomic E-state index is 0.570. The summed E-state index contributed by atoms with van der Waals surface area (Å²) < 4.78 is 1.98. The maximum Gasteiger partial charge on any atom is 0.228 e. The van der Waals surface area contributed by atoms with Gasteiger partial charge >= 0.3 is 0 Å². The first-order valence-corrected chi connectivity index (χ1v) is 9.33.